The summed E-state index contributed by atoms with van der Waals surface area (Å²) in [5.74, 6) is -0.291. The van der Waals surface area contributed by atoms with Gasteiger partial charge in [-0.05, 0) is 61.5 Å². The van der Waals surface area contributed by atoms with E-state index in [1.807, 2.05) is 36.4 Å². The van der Waals surface area contributed by atoms with E-state index in [2.05, 4.69) is 15.6 Å². The number of aromatic nitrogens is 1. The second kappa shape index (κ2) is 11.5. The monoisotopic (exact) mass is 545 g/mol. The molecule has 0 atom stereocenters. The lowest BCUT2D eigenvalue weighted by Crippen LogP contribution is -2.22. The molecule has 2 N–H and O–H groups in total. The summed E-state index contributed by atoms with van der Waals surface area (Å²) in [4.78, 5) is 44.0. The molecule has 38 heavy (non-hydrogen) atoms. The number of rotatable bonds is 8. The molecule has 2 amide bonds. The molecule has 0 fully saturated rings. The number of anilines is 1. The van der Waals surface area contributed by atoms with Crippen LogP contribution in [-0.4, -0.2) is 36.0 Å². The molecule has 3 aromatic carbocycles. The van der Waals surface area contributed by atoms with E-state index in [0.29, 0.717) is 35.7 Å². The minimum atomic E-state index is -0.414. The van der Waals surface area contributed by atoms with E-state index in [0.717, 1.165) is 25.2 Å². The molecule has 4 aromatic rings. The number of carbonyl (C=O) groups is 3. The van der Waals surface area contributed by atoms with Crippen molar-refractivity contribution >= 4 is 46.6 Å². The van der Waals surface area contributed by atoms with Gasteiger partial charge in [0.15, 0.2) is 6.61 Å². The second-order valence-electron chi connectivity index (χ2n) is 8.20. The molecular weight excluding hydrogens is 522 g/mol. The number of nitrogens with zero attached hydrogens (tertiary/aromatic N) is 1. The van der Waals surface area contributed by atoms with Gasteiger partial charge in [0.05, 0.1) is 24.4 Å². The maximum atomic E-state index is 12.9. The average molecular weight is 546 g/mol. The Hall–Kier alpha value is -4.15. The lowest BCUT2D eigenvalue weighted by atomic mass is 10.1. The van der Waals surface area contributed by atoms with Crippen LogP contribution in [0.5, 0.6) is 5.75 Å². The first-order valence-corrected chi connectivity index (χ1v) is 13.5. The highest BCUT2D eigenvalue weighted by molar-refractivity contribution is 7.99. The Labute approximate surface area is 227 Å². The van der Waals surface area contributed by atoms with Crippen LogP contribution in [0.4, 0.5) is 5.69 Å². The molecule has 0 aliphatic carbocycles. The number of ether oxygens (including phenoxy) is 2. The zero-order valence-corrected chi connectivity index (χ0v) is 22.0. The molecule has 0 saturated carbocycles. The zero-order valence-electron chi connectivity index (χ0n) is 20.4. The fraction of sp³-hybridized carbons (Fsp3) is 0.143. The predicted octanol–water partition coefficient (Wildman–Crippen LogP) is 5.40. The van der Waals surface area contributed by atoms with E-state index >= 15 is 0 Å². The molecule has 192 valence electrons. The molecule has 8 nitrogen and oxygen atoms in total. The molecule has 1 aliphatic rings. The number of hydrogen-bond donors (Lipinski definition) is 2. The Balaban J connectivity index is 1.19. The number of nitrogens with one attached hydrogen (secondary N) is 2. The van der Waals surface area contributed by atoms with Crippen LogP contribution in [0, 0.1) is 0 Å². The third kappa shape index (κ3) is 5.87. The summed E-state index contributed by atoms with van der Waals surface area (Å²) in [5.41, 5.74) is 2.58. The van der Waals surface area contributed by atoms with Crippen LogP contribution in [0.3, 0.4) is 0 Å². The first kappa shape index (κ1) is 25.5. The van der Waals surface area contributed by atoms with Crippen molar-refractivity contribution in [3.8, 4) is 16.3 Å². The van der Waals surface area contributed by atoms with Crippen LogP contribution in [-0.2, 0) is 16.1 Å². The summed E-state index contributed by atoms with van der Waals surface area (Å²) in [6.45, 7) is 2.24. The molecule has 0 radical (unpaired) electrons. The van der Waals surface area contributed by atoms with Gasteiger partial charge in [0, 0.05) is 32.0 Å². The standard InChI is InChI=1S/C28H23N3O5S2/c1-2-35-25(32)16-36-19-10-7-17(8-11-19)28-30-15-20(37-28)14-29-26(33)18-9-12-24-22(13-18)31-27(34)21-5-3-4-6-23(21)38-24/h3-13,15H,2,14,16H2,1H3,(H,29,33)(H,31,34). The Morgan fingerprint density at radius 2 is 1.84 bits per heavy atom. The number of fused-ring (bicyclic) bond motifs is 2. The second-order valence-corrected chi connectivity index (χ2v) is 10.4. The molecule has 2 heterocycles. The summed E-state index contributed by atoms with van der Waals surface area (Å²) in [6.07, 6.45) is 1.73. The number of carbonyl (C=O) groups excluding carboxylic acids is 3. The van der Waals surface area contributed by atoms with E-state index in [1.165, 1.54) is 23.1 Å². The smallest absolute Gasteiger partial charge is 0.344 e. The number of esters is 1. The van der Waals surface area contributed by atoms with Gasteiger partial charge in [0.1, 0.15) is 10.8 Å². The average Bonchev–Trinajstić information content (AvgIpc) is 3.36. The van der Waals surface area contributed by atoms with Crippen molar-refractivity contribution in [2.24, 2.45) is 0 Å². The largest absolute Gasteiger partial charge is 0.482 e. The van der Waals surface area contributed by atoms with Crippen molar-refractivity contribution < 1.29 is 23.9 Å². The topological polar surface area (TPSA) is 107 Å². The van der Waals surface area contributed by atoms with Crippen LogP contribution >= 0.6 is 23.1 Å². The van der Waals surface area contributed by atoms with E-state index in [1.54, 1.807) is 43.5 Å². The molecule has 0 bridgehead atoms. The van der Waals surface area contributed by atoms with E-state index in [4.69, 9.17) is 9.47 Å². The third-order valence-electron chi connectivity index (χ3n) is 5.58. The van der Waals surface area contributed by atoms with E-state index < -0.39 is 5.97 Å². The van der Waals surface area contributed by atoms with Crippen molar-refractivity contribution in [2.45, 2.75) is 23.3 Å². The van der Waals surface area contributed by atoms with Gasteiger partial charge in [-0.25, -0.2) is 9.78 Å². The van der Waals surface area contributed by atoms with E-state index in [9.17, 15) is 14.4 Å². The molecule has 1 aliphatic heterocycles. The Kier molecular flexibility index (Phi) is 7.71. The number of benzene rings is 3. The summed E-state index contributed by atoms with van der Waals surface area (Å²) in [6, 6.07) is 20.0. The van der Waals surface area contributed by atoms with Crippen LogP contribution in [0.25, 0.3) is 10.6 Å². The highest BCUT2D eigenvalue weighted by Gasteiger charge is 2.20. The van der Waals surface area contributed by atoms with Gasteiger partial charge in [-0.1, -0.05) is 23.9 Å². The first-order valence-electron chi connectivity index (χ1n) is 11.8. The first-order chi connectivity index (χ1) is 18.5. The maximum absolute atomic E-state index is 12.9. The van der Waals surface area contributed by atoms with Crippen molar-refractivity contribution in [1.82, 2.24) is 10.3 Å². The van der Waals surface area contributed by atoms with Gasteiger partial charge in [-0.3, -0.25) is 9.59 Å². The van der Waals surface area contributed by atoms with Crippen LogP contribution in [0.15, 0.2) is 82.7 Å². The molecule has 0 spiro atoms. The van der Waals surface area contributed by atoms with Crippen LogP contribution in [0.1, 0.15) is 32.5 Å². The lowest BCUT2D eigenvalue weighted by molar-refractivity contribution is -0.145. The summed E-state index contributed by atoms with van der Waals surface area (Å²) < 4.78 is 10.3. The highest BCUT2D eigenvalue weighted by atomic mass is 32.2. The fourth-order valence-electron chi connectivity index (χ4n) is 3.74. The number of thiazole rings is 1. The van der Waals surface area contributed by atoms with Crippen LogP contribution in [0.2, 0.25) is 0 Å². The van der Waals surface area contributed by atoms with Gasteiger partial charge < -0.3 is 20.1 Å². The molecule has 5 rings (SSSR count). The molecule has 0 unspecified atom stereocenters. The Morgan fingerprint density at radius 3 is 2.66 bits per heavy atom. The number of amides is 2. The van der Waals surface area contributed by atoms with Crippen molar-refractivity contribution in [3.05, 3.63) is 88.9 Å². The Bertz CT molecular complexity index is 1500. The maximum Gasteiger partial charge on any atom is 0.344 e. The molecular formula is C28H23N3O5S2. The quantitative estimate of drug-likeness (QED) is 0.286. The molecule has 10 heteroatoms. The fourth-order valence-corrected chi connectivity index (χ4v) is 5.61. The van der Waals surface area contributed by atoms with Crippen molar-refractivity contribution in [1.29, 1.82) is 0 Å². The molecule has 1 aromatic heterocycles. The minimum Gasteiger partial charge on any atom is -0.482 e. The summed E-state index contributed by atoms with van der Waals surface area (Å²) in [7, 11) is 0. The zero-order chi connectivity index (χ0) is 26.5. The van der Waals surface area contributed by atoms with Gasteiger partial charge in [-0.2, -0.15) is 0 Å². The Morgan fingerprint density at radius 1 is 1.03 bits per heavy atom. The van der Waals surface area contributed by atoms with Gasteiger partial charge >= 0.3 is 5.97 Å². The minimum absolute atomic E-state index is 0.142. The predicted molar refractivity (Wildman–Crippen MR) is 146 cm³/mol. The lowest BCUT2D eigenvalue weighted by Gasteiger charge is -2.09. The van der Waals surface area contributed by atoms with Crippen LogP contribution < -0.4 is 15.4 Å². The SMILES string of the molecule is CCOC(=O)COc1ccc(-c2ncc(CNC(=O)c3ccc4c(c3)NC(=O)c3ccccc3S4)s2)cc1. The van der Waals surface area contributed by atoms with Gasteiger partial charge in [0.25, 0.3) is 11.8 Å². The number of hydrogen-bond acceptors (Lipinski definition) is 8. The van der Waals surface area contributed by atoms with E-state index in [-0.39, 0.29) is 18.4 Å². The molecule has 0 saturated heterocycles. The van der Waals surface area contributed by atoms with Gasteiger partial charge in [0.2, 0.25) is 0 Å². The van der Waals surface area contributed by atoms with Gasteiger partial charge in [-0.15, -0.1) is 11.3 Å². The third-order valence-corrected chi connectivity index (χ3v) is 7.78. The van der Waals surface area contributed by atoms with Crippen molar-refractivity contribution in [3.63, 3.8) is 0 Å². The highest BCUT2D eigenvalue weighted by Crippen LogP contribution is 2.39. The summed E-state index contributed by atoms with van der Waals surface area (Å²) >= 11 is 2.97. The summed E-state index contributed by atoms with van der Waals surface area (Å²) in [5, 5.41) is 6.64. The normalized spacial score (nSPS) is 12.0. The van der Waals surface area contributed by atoms with Crippen molar-refractivity contribution in [2.75, 3.05) is 18.5 Å².